The number of hydrogen-bond acceptors (Lipinski definition) is 4. The fourth-order valence-electron chi connectivity index (χ4n) is 6.24. The van der Waals surface area contributed by atoms with Gasteiger partial charge in [0.05, 0.1) is 11.9 Å². The van der Waals surface area contributed by atoms with Crippen LogP contribution in [0.25, 0.3) is 21.9 Å². The summed E-state index contributed by atoms with van der Waals surface area (Å²) in [5.41, 5.74) is 11.5. The lowest BCUT2D eigenvalue weighted by atomic mass is 9.81. The first-order valence-corrected chi connectivity index (χ1v) is 13.4. The molecule has 2 N–H and O–H groups in total. The van der Waals surface area contributed by atoms with Crippen molar-refractivity contribution in [2.75, 3.05) is 11.4 Å². The fourth-order valence-corrected chi connectivity index (χ4v) is 6.24. The molecule has 2 aliphatic rings. The minimum absolute atomic E-state index is 0. The zero-order valence-corrected chi connectivity index (χ0v) is 23.1. The van der Waals surface area contributed by atoms with Crippen molar-refractivity contribution in [2.45, 2.75) is 63.8 Å². The monoisotopic (exact) mass is 553 g/mol. The van der Waals surface area contributed by atoms with Crippen molar-refractivity contribution in [3.63, 3.8) is 0 Å². The number of carbonyl (C=O) groups is 1. The van der Waals surface area contributed by atoms with Crippen LogP contribution >= 0.6 is 12.4 Å². The van der Waals surface area contributed by atoms with E-state index in [1.807, 2.05) is 18.5 Å². The number of carbonyl (C=O) groups excluding carboxylic acids is 1. The Morgan fingerprint density at radius 1 is 1.05 bits per heavy atom. The molecule has 0 saturated heterocycles. The van der Waals surface area contributed by atoms with Gasteiger partial charge in [-0.25, -0.2) is 8.78 Å². The zero-order valence-electron chi connectivity index (χ0n) is 22.2. The maximum atomic E-state index is 14.4. The number of aryl methyl sites for hydroxylation is 2. The third kappa shape index (κ3) is 5.08. The van der Waals surface area contributed by atoms with E-state index in [4.69, 9.17) is 5.73 Å². The lowest BCUT2D eigenvalue weighted by Crippen LogP contribution is -2.26. The highest BCUT2D eigenvalue weighted by Crippen LogP contribution is 2.45. The molecule has 0 radical (unpaired) electrons. The van der Waals surface area contributed by atoms with Gasteiger partial charge in [0.1, 0.15) is 0 Å². The Bertz CT molecular complexity index is 1520. The van der Waals surface area contributed by atoms with E-state index in [1.165, 1.54) is 5.56 Å². The second kappa shape index (κ2) is 10.7. The van der Waals surface area contributed by atoms with Gasteiger partial charge >= 0.3 is 0 Å². The Labute approximate surface area is 233 Å². The van der Waals surface area contributed by atoms with E-state index in [0.29, 0.717) is 17.0 Å². The van der Waals surface area contributed by atoms with Crippen LogP contribution in [0.15, 0.2) is 49.1 Å². The molecule has 0 amide bonds. The number of nitrogens with two attached hydrogens (primary N) is 1. The average Bonchev–Trinajstić information content (AvgIpc) is 3.54. The molecular weight excluding hydrogens is 520 g/mol. The Morgan fingerprint density at radius 2 is 1.82 bits per heavy atom. The van der Waals surface area contributed by atoms with E-state index in [1.54, 1.807) is 41.7 Å². The number of aromatic nitrogens is 3. The lowest BCUT2D eigenvalue weighted by Gasteiger charge is -2.34. The minimum Gasteiger partial charge on any atom is -0.341 e. The van der Waals surface area contributed by atoms with Gasteiger partial charge in [-0.1, -0.05) is 0 Å². The molecule has 0 bridgehead atoms. The number of nitrogens with zero attached hydrogens (tertiary/aromatic N) is 4. The van der Waals surface area contributed by atoms with Crippen molar-refractivity contribution in [3.8, 4) is 11.1 Å². The fraction of sp³-hybridized carbons (Fsp3) is 0.400. The molecule has 39 heavy (non-hydrogen) atoms. The predicted molar refractivity (Wildman–Crippen MR) is 154 cm³/mol. The number of rotatable bonds is 4. The molecule has 1 fully saturated rings. The maximum Gasteiger partial charge on any atom is 0.264 e. The highest BCUT2D eigenvalue weighted by molar-refractivity contribution is 5.99. The van der Waals surface area contributed by atoms with Crippen LogP contribution in [0.4, 0.5) is 20.2 Å². The largest absolute Gasteiger partial charge is 0.341 e. The summed E-state index contributed by atoms with van der Waals surface area (Å²) in [6.45, 7) is 2.27. The molecule has 6 nitrogen and oxygen atoms in total. The van der Waals surface area contributed by atoms with Gasteiger partial charge in [-0.05, 0) is 85.4 Å². The second-order valence-corrected chi connectivity index (χ2v) is 10.9. The van der Waals surface area contributed by atoms with Crippen LogP contribution in [0.1, 0.15) is 72.9 Å². The smallest absolute Gasteiger partial charge is 0.264 e. The summed E-state index contributed by atoms with van der Waals surface area (Å²) in [6, 6.07) is 8.26. The number of benzene rings is 2. The number of hydrogen-bond donors (Lipinski definition) is 1. The van der Waals surface area contributed by atoms with Crippen LogP contribution in [0.2, 0.25) is 0 Å². The number of fused-ring (bicyclic) bond motifs is 2. The standard InChI is InChI=1S/C30H33F2N5O.ClH/c1-18(38)36-16-22-10-21(19-5-7-24(33)8-6-19)12-29(27(22)17-36)37-9-3-4-20-11-25(23-14-34-35(2)15-23)26(30(31)32)13-28(20)37;/h10-17,19,24,30H,3-9,33H2,1-2H3;1H. The van der Waals surface area contributed by atoms with Crippen molar-refractivity contribution in [1.82, 2.24) is 14.3 Å². The second-order valence-electron chi connectivity index (χ2n) is 10.9. The molecule has 1 aliphatic carbocycles. The van der Waals surface area contributed by atoms with Gasteiger partial charge < -0.3 is 10.6 Å². The molecule has 2 aromatic heterocycles. The third-order valence-corrected chi connectivity index (χ3v) is 8.28. The van der Waals surface area contributed by atoms with E-state index in [9.17, 15) is 13.6 Å². The van der Waals surface area contributed by atoms with Crippen molar-refractivity contribution < 1.29 is 13.6 Å². The molecule has 4 aromatic rings. The van der Waals surface area contributed by atoms with E-state index in [0.717, 1.165) is 72.8 Å². The molecule has 206 valence electrons. The SMILES string of the molecule is CC(=O)n1cc2cc(C3CCC(N)CC3)cc(N3CCCc4cc(-c5cnn(C)c5)c(C(F)F)cc43)c2c1.Cl. The summed E-state index contributed by atoms with van der Waals surface area (Å²) in [6.07, 6.45) is 10.3. The Balaban J connectivity index is 0.00000308. The van der Waals surface area contributed by atoms with Gasteiger partial charge in [0.15, 0.2) is 0 Å². The number of halogens is 3. The first-order chi connectivity index (χ1) is 18.3. The average molecular weight is 554 g/mol. The van der Waals surface area contributed by atoms with Gasteiger partial charge in [0.2, 0.25) is 5.91 Å². The zero-order chi connectivity index (χ0) is 26.6. The first-order valence-electron chi connectivity index (χ1n) is 13.4. The third-order valence-electron chi connectivity index (χ3n) is 8.28. The van der Waals surface area contributed by atoms with Gasteiger partial charge in [-0.3, -0.25) is 14.0 Å². The van der Waals surface area contributed by atoms with E-state index >= 15 is 0 Å². The quantitative estimate of drug-likeness (QED) is 0.292. The van der Waals surface area contributed by atoms with E-state index in [-0.39, 0.29) is 29.9 Å². The van der Waals surface area contributed by atoms with Gasteiger partial charge in [-0.2, -0.15) is 5.10 Å². The number of anilines is 2. The van der Waals surface area contributed by atoms with Crippen molar-refractivity contribution in [3.05, 3.63) is 65.7 Å². The Morgan fingerprint density at radius 3 is 2.49 bits per heavy atom. The molecule has 6 rings (SSSR count). The molecule has 1 saturated carbocycles. The van der Waals surface area contributed by atoms with Crippen LogP contribution in [-0.2, 0) is 13.5 Å². The molecule has 0 unspecified atom stereocenters. The molecule has 3 heterocycles. The topological polar surface area (TPSA) is 69.1 Å². The molecule has 9 heteroatoms. The molecule has 1 aliphatic heterocycles. The Hall–Kier alpha value is -3.23. The van der Waals surface area contributed by atoms with E-state index < -0.39 is 6.43 Å². The minimum atomic E-state index is -2.61. The van der Waals surface area contributed by atoms with Crippen molar-refractivity contribution in [1.29, 1.82) is 0 Å². The summed E-state index contributed by atoms with van der Waals surface area (Å²) in [5, 5.41) is 6.15. The summed E-state index contributed by atoms with van der Waals surface area (Å²) in [5.74, 6) is 0.338. The molecule has 2 aromatic carbocycles. The first kappa shape index (κ1) is 27.3. The summed E-state index contributed by atoms with van der Waals surface area (Å²) in [4.78, 5) is 14.4. The van der Waals surface area contributed by atoms with Crippen LogP contribution in [-0.4, -0.2) is 32.8 Å². The van der Waals surface area contributed by atoms with Crippen LogP contribution in [0, 0.1) is 0 Å². The van der Waals surface area contributed by atoms with Crippen molar-refractivity contribution in [2.24, 2.45) is 12.8 Å². The summed E-state index contributed by atoms with van der Waals surface area (Å²) < 4.78 is 32.1. The summed E-state index contributed by atoms with van der Waals surface area (Å²) >= 11 is 0. The molecular formula is C30H34ClF2N5O. The van der Waals surface area contributed by atoms with Crippen LogP contribution < -0.4 is 10.6 Å². The molecule has 0 atom stereocenters. The van der Waals surface area contributed by atoms with Gasteiger partial charge in [-0.15, -0.1) is 12.4 Å². The van der Waals surface area contributed by atoms with Gasteiger partial charge in [0.25, 0.3) is 6.43 Å². The highest BCUT2D eigenvalue weighted by atomic mass is 35.5. The van der Waals surface area contributed by atoms with Crippen LogP contribution in [0.3, 0.4) is 0 Å². The molecule has 0 spiro atoms. The maximum absolute atomic E-state index is 14.4. The number of alkyl halides is 2. The highest BCUT2D eigenvalue weighted by Gasteiger charge is 2.28. The normalized spacial score (nSPS) is 19.3. The van der Waals surface area contributed by atoms with Crippen LogP contribution in [0.5, 0.6) is 0 Å². The Kier molecular flexibility index (Phi) is 7.53. The van der Waals surface area contributed by atoms with Crippen molar-refractivity contribution >= 4 is 40.5 Å². The summed E-state index contributed by atoms with van der Waals surface area (Å²) in [7, 11) is 1.79. The van der Waals surface area contributed by atoms with Gasteiger partial charge in [0, 0.05) is 72.7 Å². The lowest BCUT2D eigenvalue weighted by molar-refractivity contribution is 0.0937. The predicted octanol–water partition coefficient (Wildman–Crippen LogP) is 7.13. The van der Waals surface area contributed by atoms with E-state index in [2.05, 4.69) is 22.1 Å².